The van der Waals surface area contributed by atoms with Gasteiger partial charge in [0.2, 0.25) is 11.9 Å². The first-order chi connectivity index (χ1) is 11.9. The molecule has 7 nitrogen and oxygen atoms in total. The number of aliphatic imine (C=N–C) groups is 2. The van der Waals surface area contributed by atoms with Gasteiger partial charge in [0.05, 0.1) is 12.2 Å². The van der Waals surface area contributed by atoms with E-state index in [1.165, 1.54) is 0 Å². The molecule has 4 N–H and O–H groups in total. The summed E-state index contributed by atoms with van der Waals surface area (Å²) < 4.78 is 5.08. The highest BCUT2D eigenvalue weighted by molar-refractivity contribution is 6.31. The predicted octanol–water partition coefficient (Wildman–Crippen LogP) is 2.63. The van der Waals surface area contributed by atoms with E-state index in [0.29, 0.717) is 22.9 Å². The van der Waals surface area contributed by atoms with Gasteiger partial charge in [-0.15, -0.1) is 0 Å². The number of guanidine groups is 2. The Hall–Kier alpha value is -2.28. The molecule has 1 saturated carbocycles. The third-order valence-corrected chi connectivity index (χ3v) is 4.72. The number of nitrogens with two attached hydrogens (primary N) is 2. The molecule has 1 fully saturated rings. The summed E-state index contributed by atoms with van der Waals surface area (Å²) in [5, 5.41) is 0.418. The van der Waals surface area contributed by atoms with Crippen LogP contribution in [0.15, 0.2) is 28.2 Å². The van der Waals surface area contributed by atoms with Gasteiger partial charge in [0, 0.05) is 10.7 Å². The molecular formula is C17H22ClN5O2. The lowest BCUT2D eigenvalue weighted by Crippen LogP contribution is -2.58. The summed E-state index contributed by atoms with van der Waals surface area (Å²) in [6.07, 6.45) is 4.81. The van der Waals surface area contributed by atoms with E-state index in [1.54, 1.807) is 25.1 Å². The van der Waals surface area contributed by atoms with Crippen LogP contribution < -0.4 is 16.4 Å². The molecule has 0 amide bonds. The van der Waals surface area contributed by atoms with Crippen molar-refractivity contribution in [1.29, 1.82) is 0 Å². The smallest absolute Gasteiger partial charge is 0.338 e. The number of halogens is 1. The van der Waals surface area contributed by atoms with Gasteiger partial charge in [-0.3, -0.25) is 4.90 Å². The van der Waals surface area contributed by atoms with E-state index in [-0.39, 0.29) is 11.9 Å². The molecule has 1 aliphatic carbocycles. The number of hydrogen-bond acceptors (Lipinski definition) is 7. The van der Waals surface area contributed by atoms with Gasteiger partial charge in [-0.05, 0) is 50.8 Å². The lowest BCUT2D eigenvalue weighted by molar-refractivity contribution is 0.0526. The van der Waals surface area contributed by atoms with Gasteiger partial charge < -0.3 is 16.2 Å². The van der Waals surface area contributed by atoms with E-state index >= 15 is 0 Å². The summed E-state index contributed by atoms with van der Waals surface area (Å²) in [6.45, 7) is 2.05. The first-order valence-corrected chi connectivity index (χ1v) is 8.80. The summed E-state index contributed by atoms with van der Waals surface area (Å²) in [5.74, 6) is 0.00856. The van der Waals surface area contributed by atoms with Crippen molar-refractivity contribution in [2.24, 2.45) is 21.5 Å². The largest absolute Gasteiger partial charge is 0.462 e. The van der Waals surface area contributed by atoms with Crippen LogP contribution in [0.3, 0.4) is 0 Å². The number of hydrogen-bond donors (Lipinski definition) is 2. The van der Waals surface area contributed by atoms with Crippen LogP contribution in [-0.4, -0.2) is 30.2 Å². The van der Waals surface area contributed by atoms with Crippen LogP contribution in [-0.2, 0) is 4.74 Å². The van der Waals surface area contributed by atoms with Crippen molar-refractivity contribution in [2.75, 3.05) is 11.5 Å². The maximum absolute atomic E-state index is 12.1. The Balaban J connectivity index is 2.06. The van der Waals surface area contributed by atoms with Crippen molar-refractivity contribution < 1.29 is 9.53 Å². The molecule has 134 valence electrons. The topological polar surface area (TPSA) is 106 Å². The predicted molar refractivity (Wildman–Crippen MR) is 98.9 cm³/mol. The number of carbonyl (C=O) groups excluding carboxylic acids is 1. The van der Waals surface area contributed by atoms with Gasteiger partial charge >= 0.3 is 5.97 Å². The minimum Gasteiger partial charge on any atom is -0.462 e. The minimum absolute atomic E-state index is 0.184. The third-order valence-electron chi connectivity index (χ3n) is 4.50. The van der Waals surface area contributed by atoms with Crippen LogP contribution in [0.5, 0.6) is 0 Å². The highest BCUT2D eigenvalue weighted by Crippen LogP contribution is 2.40. The fourth-order valence-electron chi connectivity index (χ4n) is 3.53. The maximum atomic E-state index is 12.1. The van der Waals surface area contributed by atoms with Gasteiger partial charge in [-0.25, -0.2) is 9.79 Å². The zero-order valence-corrected chi connectivity index (χ0v) is 14.9. The summed E-state index contributed by atoms with van der Waals surface area (Å²) in [5.41, 5.74) is 12.5. The fourth-order valence-corrected chi connectivity index (χ4v) is 3.76. The van der Waals surface area contributed by atoms with Gasteiger partial charge in [-0.1, -0.05) is 18.0 Å². The quantitative estimate of drug-likeness (QED) is 0.803. The Kier molecular flexibility index (Phi) is 4.85. The van der Waals surface area contributed by atoms with Crippen molar-refractivity contribution in [3.8, 4) is 0 Å². The Morgan fingerprint density at radius 2 is 2.00 bits per heavy atom. The second-order valence-electron chi connectivity index (χ2n) is 6.24. The molecule has 1 aromatic rings. The van der Waals surface area contributed by atoms with Gasteiger partial charge in [-0.2, -0.15) is 4.99 Å². The summed E-state index contributed by atoms with van der Waals surface area (Å²) >= 11 is 6.24. The van der Waals surface area contributed by atoms with Gasteiger partial charge in [0.15, 0.2) is 0 Å². The third kappa shape index (κ3) is 3.42. The molecular weight excluding hydrogens is 342 g/mol. The molecule has 1 spiro atoms. The van der Waals surface area contributed by atoms with Crippen LogP contribution in [0.4, 0.5) is 5.69 Å². The van der Waals surface area contributed by atoms with Crippen LogP contribution in [0.25, 0.3) is 0 Å². The van der Waals surface area contributed by atoms with Crippen molar-refractivity contribution in [1.82, 2.24) is 0 Å². The highest BCUT2D eigenvalue weighted by atomic mass is 35.5. The Labute approximate surface area is 151 Å². The van der Waals surface area contributed by atoms with Crippen molar-refractivity contribution >= 4 is 35.2 Å². The number of anilines is 1. The van der Waals surface area contributed by atoms with E-state index in [0.717, 1.165) is 32.1 Å². The van der Waals surface area contributed by atoms with E-state index in [4.69, 9.17) is 27.8 Å². The molecule has 1 heterocycles. The number of esters is 1. The van der Waals surface area contributed by atoms with Crippen molar-refractivity contribution in [3.63, 3.8) is 0 Å². The highest BCUT2D eigenvalue weighted by Gasteiger charge is 2.42. The van der Waals surface area contributed by atoms with Crippen LogP contribution in [0.2, 0.25) is 5.02 Å². The average Bonchev–Trinajstić information content (AvgIpc) is 2.54. The average molecular weight is 364 g/mol. The van der Waals surface area contributed by atoms with Crippen LogP contribution in [0.1, 0.15) is 49.4 Å². The molecule has 2 aliphatic rings. The number of ether oxygens (including phenoxy) is 1. The van der Waals surface area contributed by atoms with E-state index < -0.39 is 11.6 Å². The molecule has 0 radical (unpaired) electrons. The lowest BCUT2D eigenvalue weighted by atomic mass is 9.87. The molecule has 3 rings (SSSR count). The maximum Gasteiger partial charge on any atom is 0.338 e. The Morgan fingerprint density at radius 3 is 2.68 bits per heavy atom. The molecule has 0 atom stereocenters. The van der Waals surface area contributed by atoms with E-state index in [2.05, 4.69) is 9.98 Å². The molecule has 0 saturated heterocycles. The second-order valence-corrected chi connectivity index (χ2v) is 6.67. The number of rotatable bonds is 3. The molecule has 25 heavy (non-hydrogen) atoms. The molecule has 0 aromatic heterocycles. The molecule has 8 heteroatoms. The van der Waals surface area contributed by atoms with Gasteiger partial charge in [0.1, 0.15) is 5.66 Å². The lowest BCUT2D eigenvalue weighted by Gasteiger charge is -2.45. The summed E-state index contributed by atoms with van der Waals surface area (Å²) in [7, 11) is 0. The van der Waals surface area contributed by atoms with Crippen molar-refractivity contribution in [3.05, 3.63) is 28.8 Å². The first kappa shape index (κ1) is 17.5. The number of benzene rings is 1. The normalized spacial score (nSPS) is 19.4. The van der Waals surface area contributed by atoms with Crippen LogP contribution >= 0.6 is 11.6 Å². The fraction of sp³-hybridized carbons (Fsp3) is 0.471. The van der Waals surface area contributed by atoms with Crippen LogP contribution in [0, 0.1) is 0 Å². The second kappa shape index (κ2) is 6.92. The molecule has 0 bridgehead atoms. The Bertz CT molecular complexity index is 741. The summed E-state index contributed by atoms with van der Waals surface area (Å²) in [4.78, 5) is 22.7. The molecule has 1 aliphatic heterocycles. The molecule has 0 unspecified atom stereocenters. The van der Waals surface area contributed by atoms with E-state index in [9.17, 15) is 4.79 Å². The van der Waals surface area contributed by atoms with E-state index in [1.807, 2.05) is 4.90 Å². The zero-order chi connectivity index (χ0) is 18.0. The molecule has 1 aromatic carbocycles. The number of carbonyl (C=O) groups is 1. The monoisotopic (exact) mass is 363 g/mol. The van der Waals surface area contributed by atoms with Gasteiger partial charge in [0.25, 0.3) is 0 Å². The summed E-state index contributed by atoms with van der Waals surface area (Å²) in [6, 6.07) is 5.03. The minimum atomic E-state index is -0.579. The SMILES string of the molecule is CCOC(=O)c1cc(Cl)cc(N2C(N)=NC(N)=NC23CCCCC3)c1. The standard InChI is InChI=1S/C17H22ClN5O2/c1-2-25-14(24)11-8-12(18)10-13(9-11)23-16(20)21-15(19)22-17(23)6-4-3-5-7-17/h8-10H,2-7H2,1H3,(H4,19,20,21,22). The zero-order valence-electron chi connectivity index (χ0n) is 14.2. The first-order valence-electron chi connectivity index (χ1n) is 8.42. The van der Waals surface area contributed by atoms with Crippen molar-refractivity contribution in [2.45, 2.75) is 44.7 Å². The number of nitrogens with zero attached hydrogens (tertiary/aromatic N) is 3. The Morgan fingerprint density at radius 1 is 1.28 bits per heavy atom.